The molecule has 0 amide bonds. The minimum Gasteiger partial charge on any atom is -0.302 e. The molecule has 0 radical (unpaired) electrons. The van der Waals surface area contributed by atoms with Crippen LogP contribution in [0.2, 0.25) is 0 Å². The van der Waals surface area contributed by atoms with Gasteiger partial charge in [0, 0.05) is 0 Å². The van der Waals surface area contributed by atoms with Crippen molar-refractivity contribution in [2.24, 2.45) is 5.92 Å². The van der Waals surface area contributed by atoms with Crippen molar-refractivity contribution in [3.05, 3.63) is 35.9 Å². The van der Waals surface area contributed by atoms with Crippen molar-refractivity contribution in [3.8, 4) is 0 Å². The highest BCUT2D eigenvalue weighted by atomic mass is 31.2. The number of benzene rings is 1. The summed E-state index contributed by atoms with van der Waals surface area (Å²) in [4.78, 5) is 9.66. The number of phosphoric ester groups is 1. The van der Waals surface area contributed by atoms with Gasteiger partial charge in [-0.2, -0.15) is 0 Å². The molecule has 1 aromatic carbocycles. The van der Waals surface area contributed by atoms with E-state index < -0.39 is 7.82 Å². The van der Waals surface area contributed by atoms with E-state index in [2.05, 4.69) is 13.8 Å². The number of hydrogen-bond acceptors (Lipinski definition) is 3. The molecule has 0 bridgehead atoms. The second-order valence-electron chi connectivity index (χ2n) is 4.94. The smallest absolute Gasteiger partial charge is 0.302 e. The molecule has 0 heterocycles. The molecule has 0 spiro atoms. The molecular weight excluding hydrogens is 275 g/mol. The van der Waals surface area contributed by atoms with Crippen LogP contribution in [0.4, 0.5) is 0 Å². The number of rotatable bonds is 10. The summed E-state index contributed by atoms with van der Waals surface area (Å²) in [7, 11) is -3.96. The fraction of sp³-hybridized carbons (Fsp3) is 0.600. The largest absolute Gasteiger partial charge is 0.472 e. The zero-order chi connectivity index (χ0) is 14.8. The molecule has 2 atom stereocenters. The number of phosphoric acid groups is 1. The third-order valence-electron chi connectivity index (χ3n) is 3.25. The maximum atomic E-state index is 11.8. The van der Waals surface area contributed by atoms with E-state index >= 15 is 0 Å². The van der Waals surface area contributed by atoms with E-state index in [0.717, 1.165) is 31.2 Å². The Morgan fingerprint density at radius 2 is 1.90 bits per heavy atom. The van der Waals surface area contributed by atoms with E-state index in [1.807, 2.05) is 30.3 Å². The van der Waals surface area contributed by atoms with E-state index in [4.69, 9.17) is 9.05 Å². The molecule has 114 valence electrons. The Labute approximate surface area is 121 Å². The minimum atomic E-state index is -3.96. The van der Waals surface area contributed by atoms with Crippen LogP contribution in [0.25, 0.3) is 0 Å². The summed E-state index contributed by atoms with van der Waals surface area (Å²) >= 11 is 0. The molecule has 1 rings (SSSR count). The monoisotopic (exact) mass is 300 g/mol. The quantitative estimate of drug-likeness (QED) is 0.645. The van der Waals surface area contributed by atoms with Gasteiger partial charge in [-0.15, -0.1) is 0 Å². The lowest BCUT2D eigenvalue weighted by Gasteiger charge is -2.17. The lowest BCUT2D eigenvalue weighted by molar-refractivity contribution is 0.122. The van der Waals surface area contributed by atoms with Crippen molar-refractivity contribution < 1.29 is 18.5 Å². The van der Waals surface area contributed by atoms with Gasteiger partial charge in [0.2, 0.25) is 0 Å². The summed E-state index contributed by atoms with van der Waals surface area (Å²) in [5, 5.41) is 0. The number of hydrogen-bond donors (Lipinski definition) is 1. The standard InChI is InChI=1S/C15H25O4P/c1-3-5-9-14(4-2)12-18-20(16,17)19-13-15-10-7-6-8-11-15/h6-8,10-11,14H,3-5,9,12-13H2,1-2H3,(H,16,17). The zero-order valence-corrected chi connectivity index (χ0v) is 13.2. The number of unbranched alkanes of at least 4 members (excludes halogenated alkanes) is 1. The highest BCUT2D eigenvalue weighted by Crippen LogP contribution is 2.44. The molecule has 0 aromatic heterocycles. The van der Waals surface area contributed by atoms with Gasteiger partial charge >= 0.3 is 7.82 Å². The van der Waals surface area contributed by atoms with Gasteiger partial charge in [0.1, 0.15) is 0 Å². The van der Waals surface area contributed by atoms with Crippen molar-refractivity contribution in [3.63, 3.8) is 0 Å². The van der Waals surface area contributed by atoms with Crippen LogP contribution >= 0.6 is 7.82 Å². The summed E-state index contributed by atoms with van der Waals surface area (Å²) < 4.78 is 21.9. The molecule has 5 heteroatoms. The molecule has 0 aliphatic heterocycles. The third kappa shape index (κ3) is 7.20. The Bertz CT molecular complexity index is 408. The Balaban J connectivity index is 2.35. The fourth-order valence-electron chi connectivity index (χ4n) is 1.87. The second-order valence-corrected chi connectivity index (χ2v) is 6.39. The first kappa shape index (κ1) is 17.4. The first-order valence-corrected chi connectivity index (χ1v) is 8.72. The van der Waals surface area contributed by atoms with Gasteiger partial charge in [0.15, 0.2) is 0 Å². The molecule has 0 aliphatic rings. The molecule has 1 aromatic rings. The molecule has 20 heavy (non-hydrogen) atoms. The van der Waals surface area contributed by atoms with E-state index in [-0.39, 0.29) is 13.2 Å². The highest BCUT2D eigenvalue weighted by molar-refractivity contribution is 7.47. The fourth-order valence-corrected chi connectivity index (χ4v) is 2.65. The van der Waals surface area contributed by atoms with Crippen LogP contribution in [0.1, 0.15) is 45.1 Å². The van der Waals surface area contributed by atoms with Crippen LogP contribution < -0.4 is 0 Å². The van der Waals surface area contributed by atoms with E-state index in [0.29, 0.717) is 5.92 Å². The van der Waals surface area contributed by atoms with Gasteiger partial charge in [0.05, 0.1) is 13.2 Å². The van der Waals surface area contributed by atoms with Gasteiger partial charge < -0.3 is 4.89 Å². The molecule has 1 N–H and O–H groups in total. The van der Waals surface area contributed by atoms with Crippen LogP contribution in [0.3, 0.4) is 0 Å². The van der Waals surface area contributed by atoms with Crippen LogP contribution in [0.15, 0.2) is 30.3 Å². The van der Waals surface area contributed by atoms with Crippen LogP contribution in [0, 0.1) is 5.92 Å². The SMILES string of the molecule is CCCCC(CC)COP(=O)(O)OCc1ccccc1. The van der Waals surface area contributed by atoms with Gasteiger partial charge in [-0.3, -0.25) is 9.05 Å². The molecular formula is C15H25O4P. The van der Waals surface area contributed by atoms with E-state index in [1.165, 1.54) is 0 Å². The molecule has 2 unspecified atom stereocenters. The van der Waals surface area contributed by atoms with Gasteiger partial charge in [-0.1, -0.05) is 63.4 Å². The van der Waals surface area contributed by atoms with E-state index in [9.17, 15) is 9.46 Å². The Morgan fingerprint density at radius 1 is 1.20 bits per heavy atom. The van der Waals surface area contributed by atoms with Gasteiger partial charge in [0.25, 0.3) is 0 Å². The topological polar surface area (TPSA) is 55.8 Å². The average molecular weight is 300 g/mol. The summed E-state index contributed by atoms with van der Waals surface area (Å²) in [5.74, 6) is 0.316. The Hall–Kier alpha value is -0.670. The molecule has 0 saturated carbocycles. The lowest BCUT2D eigenvalue weighted by Crippen LogP contribution is -2.08. The lowest BCUT2D eigenvalue weighted by atomic mass is 10.0. The van der Waals surface area contributed by atoms with Crippen molar-refractivity contribution in [1.82, 2.24) is 0 Å². The molecule has 0 aliphatic carbocycles. The molecule has 0 saturated heterocycles. The average Bonchev–Trinajstić information content (AvgIpc) is 2.47. The summed E-state index contributed by atoms with van der Waals surface area (Å²) in [6.45, 7) is 4.56. The highest BCUT2D eigenvalue weighted by Gasteiger charge is 2.22. The van der Waals surface area contributed by atoms with Crippen molar-refractivity contribution in [2.75, 3.05) is 6.61 Å². The zero-order valence-electron chi connectivity index (χ0n) is 12.3. The summed E-state index contributed by atoms with van der Waals surface area (Å²) in [6.07, 6.45) is 4.20. The van der Waals surface area contributed by atoms with Crippen LogP contribution in [0.5, 0.6) is 0 Å². The maximum Gasteiger partial charge on any atom is 0.472 e. The Morgan fingerprint density at radius 3 is 2.50 bits per heavy atom. The summed E-state index contributed by atoms with van der Waals surface area (Å²) in [6, 6.07) is 9.30. The first-order chi connectivity index (χ1) is 9.57. The molecule has 0 fully saturated rings. The van der Waals surface area contributed by atoms with Gasteiger partial charge in [-0.05, 0) is 17.9 Å². The predicted octanol–water partition coefficient (Wildman–Crippen LogP) is 4.54. The van der Waals surface area contributed by atoms with Crippen LogP contribution in [-0.4, -0.2) is 11.5 Å². The van der Waals surface area contributed by atoms with Crippen LogP contribution in [-0.2, 0) is 20.2 Å². The van der Waals surface area contributed by atoms with Crippen molar-refractivity contribution in [2.45, 2.75) is 46.1 Å². The normalized spacial score (nSPS) is 15.8. The van der Waals surface area contributed by atoms with Crippen molar-refractivity contribution >= 4 is 7.82 Å². The van der Waals surface area contributed by atoms with E-state index in [1.54, 1.807) is 0 Å². The second kappa shape index (κ2) is 9.30. The van der Waals surface area contributed by atoms with Gasteiger partial charge in [-0.25, -0.2) is 4.57 Å². The third-order valence-corrected chi connectivity index (χ3v) is 4.18. The predicted molar refractivity (Wildman–Crippen MR) is 80.3 cm³/mol. The Kier molecular flexibility index (Phi) is 8.08. The first-order valence-electron chi connectivity index (χ1n) is 7.23. The minimum absolute atomic E-state index is 0.0837. The summed E-state index contributed by atoms with van der Waals surface area (Å²) in [5.41, 5.74) is 0.850. The molecule has 4 nitrogen and oxygen atoms in total. The maximum absolute atomic E-state index is 11.8. The van der Waals surface area contributed by atoms with Crippen molar-refractivity contribution in [1.29, 1.82) is 0 Å².